The van der Waals surface area contributed by atoms with E-state index in [-0.39, 0.29) is 12.4 Å². The van der Waals surface area contributed by atoms with Gasteiger partial charge in [0.2, 0.25) is 0 Å². The van der Waals surface area contributed by atoms with E-state index in [4.69, 9.17) is 9.84 Å². The summed E-state index contributed by atoms with van der Waals surface area (Å²) in [7, 11) is 1.56. The Morgan fingerprint density at radius 3 is 2.69 bits per heavy atom. The third kappa shape index (κ3) is 1.74. The van der Waals surface area contributed by atoms with Crippen LogP contribution < -0.4 is 4.74 Å². The van der Waals surface area contributed by atoms with Crippen LogP contribution in [0.1, 0.15) is 5.56 Å². The van der Waals surface area contributed by atoms with E-state index in [1.807, 2.05) is 12.1 Å². The topological polar surface area (TPSA) is 49.7 Å². The van der Waals surface area contributed by atoms with E-state index < -0.39 is 0 Å². The maximum Gasteiger partial charge on any atom is 0.130 e. The second-order valence-corrected chi connectivity index (χ2v) is 4.30. The van der Waals surface area contributed by atoms with E-state index in [0.717, 1.165) is 9.86 Å². The SMILES string of the molecule is COc1ccc(Br)c2cc(CO)cc(O)c12. The van der Waals surface area contributed by atoms with E-state index in [0.29, 0.717) is 16.7 Å². The minimum Gasteiger partial charge on any atom is -0.507 e. The zero-order valence-corrected chi connectivity index (χ0v) is 10.3. The molecular weight excluding hydrogens is 272 g/mol. The van der Waals surface area contributed by atoms with Crippen LogP contribution in [0.5, 0.6) is 11.5 Å². The maximum absolute atomic E-state index is 9.91. The third-order valence-corrected chi connectivity index (χ3v) is 3.16. The maximum atomic E-state index is 9.91. The summed E-state index contributed by atoms with van der Waals surface area (Å²) in [4.78, 5) is 0. The number of hydrogen-bond acceptors (Lipinski definition) is 3. The minimum atomic E-state index is -0.104. The van der Waals surface area contributed by atoms with Crippen LogP contribution in [0.25, 0.3) is 10.8 Å². The molecule has 2 rings (SSSR count). The summed E-state index contributed by atoms with van der Waals surface area (Å²) in [6.07, 6.45) is 0. The number of ether oxygens (including phenoxy) is 1. The summed E-state index contributed by atoms with van der Waals surface area (Å²) in [6.45, 7) is -0.104. The van der Waals surface area contributed by atoms with Crippen molar-refractivity contribution in [2.75, 3.05) is 7.11 Å². The quantitative estimate of drug-likeness (QED) is 0.891. The van der Waals surface area contributed by atoms with Crippen LogP contribution >= 0.6 is 15.9 Å². The molecule has 0 bridgehead atoms. The van der Waals surface area contributed by atoms with Crippen LogP contribution in [0.4, 0.5) is 0 Å². The number of fused-ring (bicyclic) bond motifs is 1. The van der Waals surface area contributed by atoms with Crippen molar-refractivity contribution < 1.29 is 14.9 Å². The summed E-state index contributed by atoms with van der Waals surface area (Å²) >= 11 is 3.41. The molecule has 0 radical (unpaired) electrons. The van der Waals surface area contributed by atoms with Crippen LogP contribution in [0, 0.1) is 0 Å². The zero-order valence-electron chi connectivity index (χ0n) is 8.70. The number of benzene rings is 2. The molecule has 0 aliphatic rings. The number of methoxy groups -OCH3 is 1. The van der Waals surface area contributed by atoms with E-state index in [1.54, 1.807) is 13.2 Å². The molecule has 0 saturated heterocycles. The average molecular weight is 283 g/mol. The Labute approximate surface area is 101 Å². The van der Waals surface area contributed by atoms with Crippen LogP contribution in [0.3, 0.4) is 0 Å². The molecular formula is C12H11BrO3. The fourth-order valence-corrected chi connectivity index (χ4v) is 2.16. The van der Waals surface area contributed by atoms with Gasteiger partial charge in [-0.3, -0.25) is 0 Å². The molecule has 2 aromatic rings. The number of phenols is 1. The Hall–Kier alpha value is -1.26. The van der Waals surface area contributed by atoms with Crippen LogP contribution in [-0.2, 0) is 6.61 Å². The molecule has 0 saturated carbocycles. The second-order valence-electron chi connectivity index (χ2n) is 3.45. The van der Waals surface area contributed by atoms with Gasteiger partial charge in [0.25, 0.3) is 0 Å². The second kappa shape index (κ2) is 4.31. The molecule has 0 heterocycles. The first-order valence-electron chi connectivity index (χ1n) is 4.76. The van der Waals surface area contributed by atoms with Crippen LogP contribution in [-0.4, -0.2) is 17.3 Å². The van der Waals surface area contributed by atoms with Gasteiger partial charge < -0.3 is 14.9 Å². The molecule has 3 nitrogen and oxygen atoms in total. The summed E-state index contributed by atoms with van der Waals surface area (Å²) in [5.41, 5.74) is 0.666. The molecule has 0 fully saturated rings. The van der Waals surface area contributed by atoms with Crippen molar-refractivity contribution in [3.63, 3.8) is 0 Å². The van der Waals surface area contributed by atoms with Crippen LogP contribution in [0.15, 0.2) is 28.7 Å². The van der Waals surface area contributed by atoms with Crippen molar-refractivity contribution in [2.45, 2.75) is 6.61 Å². The lowest BCUT2D eigenvalue weighted by molar-refractivity contribution is 0.281. The van der Waals surface area contributed by atoms with Crippen molar-refractivity contribution in [1.82, 2.24) is 0 Å². The van der Waals surface area contributed by atoms with Crippen molar-refractivity contribution in [3.8, 4) is 11.5 Å². The number of aliphatic hydroxyl groups excluding tert-OH is 1. The minimum absolute atomic E-state index is 0.104. The number of hydrogen-bond donors (Lipinski definition) is 2. The molecule has 2 aromatic carbocycles. The Balaban J connectivity index is 2.86. The lowest BCUT2D eigenvalue weighted by atomic mass is 10.1. The van der Waals surface area contributed by atoms with Gasteiger partial charge in [-0.05, 0) is 29.8 Å². The predicted octanol–water partition coefficient (Wildman–Crippen LogP) is 2.81. The molecule has 0 aromatic heterocycles. The largest absolute Gasteiger partial charge is 0.507 e. The van der Waals surface area contributed by atoms with Crippen LogP contribution in [0.2, 0.25) is 0 Å². The van der Waals surface area contributed by atoms with Gasteiger partial charge in [-0.15, -0.1) is 0 Å². The Morgan fingerprint density at radius 1 is 1.31 bits per heavy atom. The molecule has 16 heavy (non-hydrogen) atoms. The number of aromatic hydroxyl groups is 1. The summed E-state index contributed by atoms with van der Waals surface area (Å²) in [6, 6.07) is 6.99. The zero-order chi connectivity index (χ0) is 11.7. The number of aliphatic hydroxyl groups is 1. The molecule has 0 atom stereocenters. The molecule has 2 N–H and O–H groups in total. The van der Waals surface area contributed by atoms with Gasteiger partial charge in [-0.1, -0.05) is 15.9 Å². The Morgan fingerprint density at radius 2 is 2.06 bits per heavy atom. The normalized spacial score (nSPS) is 10.7. The first-order valence-corrected chi connectivity index (χ1v) is 5.55. The summed E-state index contributed by atoms with van der Waals surface area (Å²) in [5.74, 6) is 0.722. The highest BCUT2D eigenvalue weighted by molar-refractivity contribution is 9.10. The highest BCUT2D eigenvalue weighted by Crippen LogP contribution is 2.38. The van der Waals surface area contributed by atoms with Gasteiger partial charge in [0.1, 0.15) is 11.5 Å². The predicted molar refractivity (Wildman–Crippen MR) is 65.8 cm³/mol. The number of halogens is 1. The molecule has 0 aliphatic heterocycles. The van der Waals surface area contributed by atoms with E-state index in [1.165, 1.54) is 6.07 Å². The van der Waals surface area contributed by atoms with Gasteiger partial charge in [0, 0.05) is 9.86 Å². The third-order valence-electron chi connectivity index (χ3n) is 2.46. The van der Waals surface area contributed by atoms with Gasteiger partial charge in [-0.25, -0.2) is 0 Å². The van der Waals surface area contributed by atoms with Crippen molar-refractivity contribution in [1.29, 1.82) is 0 Å². The smallest absolute Gasteiger partial charge is 0.130 e. The fourth-order valence-electron chi connectivity index (χ4n) is 1.72. The van der Waals surface area contributed by atoms with Crippen molar-refractivity contribution in [3.05, 3.63) is 34.3 Å². The van der Waals surface area contributed by atoms with Gasteiger partial charge in [0.15, 0.2) is 0 Å². The average Bonchev–Trinajstić information content (AvgIpc) is 2.30. The first kappa shape index (κ1) is 11.2. The standard InChI is InChI=1S/C12H11BrO3/c1-16-11-3-2-9(13)8-4-7(6-14)5-10(15)12(8)11/h2-5,14-15H,6H2,1H3. The lowest BCUT2D eigenvalue weighted by Crippen LogP contribution is -1.89. The Bertz CT molecular complexity index is 537. The first-order chi connectivity index (χ1) is 7.67. The van der Waals surface area contributed by atoms with Gasteiger partial charge in [0.05, 0.1) is 19.1 Å². The summed E-state index contributed by atoms with van der Waals surface area (Å²) in [5, 5.41) is 20.5. The highest BCUT2D eigenvalue weighted by Gasteiger charge is 2.10. The number of rotatable bonds is 2. The monoisotopic (exact) mass is 282 g/mol. The fraction of sp³-hybridized carbons (Fsp3) is 0.167. The van der Waals surface area contributed by atoms with Crippen molar-refractivity contribution >= 4 is 26.7 Å². The molecule has 0 spiro atoms. The van der Waals surface area contributed by atoms with Gasteiger partial charge >= 0.3 is 0 Å². The summed E-state index contributed by atoms with van der Waals surface area (Å²) < 4.78 is 6.05. The molecule has 0 unspecified atom stereocenters. The Kier molecular flexibility index (Phi) is 3.03. The van der Waals surface area contributed by atoms with E-state index in [9.17, 15) is 5.11 Å². The molecule has 4 heteroatoms. The molecule has 84 valence electrons. The van der Waals surface area contributed by atoms with Gasteiger partial charge in [-0.2, -0.15) is 0 Å². The lowest BCUT2D eigenvalue weighted by Gasteiger charge is -2.10. The molecule has 0 aliphatic carbocycles. The van der Waals surface area contributed by atoms with E-state index in [2.05, 4.69) is 15.9 Å². The van der Waals surface area contributed by atoms with E-state index >= 15 is 0 Å². The molecule has 0 amide bonds. The van der Waals surface area contributed by atoms with Crippen molar-refractivity contribution in [2.24, 2.45) is 0 Å². The highest BCUT2D eigenvalue weighted by atomic mass is 79.9. The number of phenolic OH excluding ortho intramolecular Hbond substituents is 1.